The molecule has 0 saturated heterocycles. The van der Waals surface area contributed by atoms with Gasteiger partial charge in [0.05, 0.1) is 31.1 Å². The Hall–Kier alpha value is -3.63. The highest BCUT2D eigenvalue weighted by Gasteiger charge is 2.26. The molecule has 0 saturated carbocycles. The molecule has 1 N–H and O–H groups in total. The quantitative estimate of drug-likeness (QED) is 0.353. The van der Waals surface area contributed by atoms with Crippen molar-refractivity contribution in [3.05, 3.63) is 88.0 Å². The minimum atomic E-state index is -3.94. The van der Waals surface area contributed by atoms with Gasteiger partial charge in [0.1, 0.15) is 17.2 Å². The van der Waals surface area contributed by atoms with E-state index < -0.39 is 20.9 Å². The number of hydrogen-bond acceptors (Lipinski definition) is 7. The molecule has 10 heteroatoms. The van der Waals surface area contributed by atoms with Crippen molar-refractivity contribution < 1.29 is 27.6 Å². The van der Waals surface area contributed by atoms with E-state index in [1.165, 1.54) is 33.5 Å². The zero-order valence-corrected chi connectivity index (χ0v) is 19.2. The first-order valence-corrected chi connectivity index (χ1v) is 11.4. The van der Waals surface area contributed by atoms with E-state index in [2.05, 4.69) is 4.72 Å². The monoisotopic (exact) mass is 472 g/mol. The van der Waals surface area contributed by atoms with Crippen LogP contribution >= 0.6 is 0 Å². The van der Waals surface area contributed by atoms with E-state index in [4.69, 9.17) is 14.2 Å². The van der Waals surface area contributed by atoms with Crippen LogP contribution in [0.1, 0.15) is 17.0 Å². The number of nitrogens with one attached hydrogen (secondary N) is 1. The number of nitro groups is 1. The first-order valence-electron chi connectivity index (χ1n) is 9.89. The molecule has 0 spiro atoms. The number of methoxy groups -OCH3 is 3. The van der Waals surface area contributed by atoms with E-state index in [1.807, 2.05) is 30.3 Å². The molecule has 0 amide bonds. The summed E-state index contributed by atoms with van der Waals surface area (Å²) in [6.07, 6.45) is 0. The minimum Gasteiger partial charge on any atom is -0.496 e. The maximum atomic E-state index is 12.9. The molecule has 0 fully saturated rings. The summed E-state index contributed by atoms with van der Waals surface area (Å²) < 4.78 is 45.0. The lowest BCUT2D eigenvalue weighted by atomic mass is 9.89. The summed E-state index contributed by atoms with van der Waals surface area (Å²) in [4.78, 5) is 10.2. The Kier molecular flexibility index (Phi) is 7.52. The second-order valence-electron chi connectivity index (χ2n) is 7.01. The lowest BCUT2D eigenvalue weighted by Gasteiger charge is -2.24. The molecule has 3 aromatic carbocycles. The van der Waals surface area contributed by atoms with Crippen molar-refractivity contribution in [1.29, 1.82) is 0 Å². The van der Waals surface area contributed by atoms with Crippen LogP contribution in [0, 0.1) is 10.1 Å². The van der Waals surface area contributed by atoms with Crippen LogP contribution in [0.2, 0.25) is 0 Å². The standard InChI is InChI=1S/C23H24N2O7S/c1-30-18-13-21(31-2)23(22(14-18)32-3)20(16-7-5-4-6-8-16)15-24-33(28,29)19-11-9-17(10-12-19)25(26)27/h4-14,20,24H,15H2,1-3H3. The average molecular weight is 473 g/mol. The van der Waals surface area contributed by atoms with Gasteiger partial charge in [-0.05, 0) is 17.7 Å². The van der Waals surface area contributed by atoms with Crippen molar-refractivity contribution in [2.75, 3.05) is 27.9 Å². The summed E-state index contributed by atoms with van der Waals surface area (Å²) in [5.41, 5.74) is 1.30. The Bertz CT molecular complexity index is 1190. The summed E-state index contributed by atoms with van der Waals surface area (Å²) in [6, 6.07) is 17.5. The van der Waals surface area contributed by atoms with Gasteiger partial charge in [-0.15, -0.1) is 0 Å². The zero-order valence-electron chi connectivity index (χ0n) is 18.3. The molecule has 0 aliphatic rings. The first kappa shape index (κ1) is 24.0. The van der Waals surface area contributed by atoms with E-state index in [9.17, 15) is 18.5 Å². The van der Waals surface area contributed by atoms with Gasteiger partial charge in [-0.2, -0.15) is 0 Å². The highest BCUT2D eigenvalue weighted by atomic mass is 32.2. The maximum Gasteiger partial charge on any atom is 0.269 e. The third-order valence-electron chi connectivity index (χ3n) is 5.14. The largest absolute Gasteiger partial charge is 0.496 e. The molecule has 0 bridgehead atoms. The number of ether oxygens (including phenoxy) is 3. The molecule has 33 heavy (non-hydrogen) atoms. The molecule has 9 nitrogen and oxygen atoms in total. The van der Waals surface area contributed by atoms with Crippen LogP contribution in [0.4, 0.5) is 5.69 Å². The second kappa shape index (κ2) is 10.3. The predicted molar refractivity (Wildman–Crippen MR) is 123 cm³/mol. The molecule has 3 rings (SSSR count). The number of nitro benzene ring substituents is 1. The van der Waals surface area contributed by atoms with Crippen LogP contribution in [0.25, 0.3) is 0 Å². The van der Waals surface area contributed by atoms with E-state index in [0.29, 0.717) is 22.8 Å². The smallest absolute Gasteiger partial charge is 0.269 e. The van der Waals surface area contributed by atoms with Crippen LogP contribution in [0.5, 0.6) is 17.2 Å². The molecule has 1 unspecified atom stereocenters. The van der Waals surface area contributed by atoms with Gasteiger partial charge >= 0.3 is 0 Å². The summed E-state index contributed by atoms with van der Waals surface area (Å²) in [7, 11) is 0.613. The molecule has 3 aromatic rings. The number of sulfonamides is 1. The molecule has 0 aliphatic heterocycles. The number of non-ortho nitro benzene ring substituents is 1. The van der Waals surface area contributed by atoms with Crippen LogP contribution in [0.3, 0.4) is 0 Å². The van der Waals surface area contributed by atoms with E-state index in [0.717, 1.165) is 17.7 Å². The Labute approximate surface area is 192 Å². The predicted octanol–water partition coefficient (Wildman–Crippen LogP) is 3.73. The topological polar surface area (TPSA) is 117 Å². The van der Waals surface area contributed by atoms with Gasteiger partial charge in [-0.1, -0.05) is 30.3 Å². The number of benzene rings is 3. The fraction of sp³-hybridized carbons (Fsp3) is 0.217. The lowest BCUT2D eigenvalue weighted by Crippen LogP contribution is -2.29. The molecule has 0 aliphatic carbocycles. The highest BCUT2D eigenvalue weighted by molar-refractivity contribution is 7.89. The first-order chi connectivity index (χ1) is 15.8. The molecule has 0 heterocycles. The fourth-order valence-corrected chi connectivity index (χ4v) is 4.52. The third kappa shape index (κ3) is 5.41. The Morgan fingerprint density at radius 1 is 0.909 bits per heavy atom. The van der Waals surface area contributed by atoms with Gasteiger partial charge in [0.2, 0.25) is 10.0 Å². The molecule has 0 radical (unpaired) electrons. The van der Waals surface area contributed by atoms with Crippen molar-refractivity contribution in [2.24, 2.45) is 0 Å². The summed E-state index contributed by atoms with van der Waals surface area (Å²) in [6.45, 7) is -0.0115. The van der Waals surface area contributed by atoms with Crippen LogP contribution in [-0.4, -0.2) is 41.2 Å². The van der Waals surface area contributed by atoms with E-state index in [-0.39, 0.29) is 17.1 Å². The van der Waals surface area contributed by atoms with E-state index in [1.54, 1.807) is 12.1 Å². The van der Waals surface area contributed by atoms with Gasteiger partial charge in [-0.3, -0.25) is 10.1 Å². The van der Waals surface area contributed by atoms with Crippen LogP contribution in [-0.2, 0) is 10.0 Å². The Morgan fingerprint density at radius 2 is 1.48 bits per heavy atom. The molecular weight excluding hydrogens is 448 g/mol. The zero-order chi connectivity index (χ0) is 24.0. The van der Waals surface area contributed by atoms with Gasteiger partial charge in [0, 0.05) is 42.3 Å². The van der Waals surface area contributed by atoms with Crippen molar-refractivity contribution >= 4 is 15.7 Å². The second-order valence-corrected chi connectivity index (χ2v) is 8.78. The summed E-state index contributed by atoms with van der Waals surface area (Å²) in [5, 5.41) is 10.9. The molecular formula is C23H24N2O7S. The van der Waals surface area contributed by atoms with Gasteiger partial charge in [-0.25, -0.2) is 13.1 Å². The normalized spacial score (nSPS) is 12.1. The van der Waals surface area contributed by atoms with Crippen LogP contribution in [0.15, 0.2) is 71.6 Å². The van der Waals surface area contributed by atoms with Gasteiger partial charge in [0.15, 0.2) is 0 Å². The molecule has 174 valence electrons. The number of hydrogen-bond donors (Lipinski definition) is 1. The highest BCUT2D eigenvalue weighted by Crippen LogP contribution is 2.41. The van der Waals surface area contributed by atoms with Crippen molar-refractivity contribution in [3.63, 3.8) is 0 Å². The number of rotatable bonds is 10. The van der Waals surface area contributed by atoms with Crippen molar-refractivity contribution in [1.82, 2.24) is 4.72 Å². The van der Waals surface area contributed by atoms with Crippen molar-refractivity contribution in [3.8, 4) is 17.2 Å². The fourth-order valence-electron chi connectivity index (χ4n) is 3.47. The SMILES string of the molecule is COc1cc(OC)c(C(CNS(=O)(=O)c2ccc([N+](=O)[O-])cc2)c2ccccc2)c(OC)c1. The lowest BCUT2D eigenvalue weighted by molar-refractivity contribution is -0.384. The minimum absolute atomic E-state index is 0.0115. The number of nitrogens with zero attached hydrogens (tertiary/aromatic N) is 1. The van der Waals surface area contributed by atoms with Gasteiger partial charge in [0.25, 0.3) is 5.69 Å². The summed E-state index contributed by atoms with van der Waals surface area (Å²) in [5.74, 6) is 1.03. The maximum absolute atomic E-state index is 12.9. The van der Waals surface area contributed by atoms with Crippen LogP contribution < -0.4 is 18.9 Å². The van der Waals surface area contributed by atoms with Gasteiger partial charge < -0.3 is 14.2 Å². The Balaban J connectivity index is 2.01. The Morgan fingerprint density at radius 3 is 1.97 bits per heavy atom. The summed E-state index contributed by atoms with van der Waals surface area (Å²) >= 11 is 0. The van der Waals surface area contributed by atoms with Crippen molar-refractivity contribution in [2.45, 2.75) is 10.8 Å². The molecule has 1 atom stereocenters. The third-order valence-corrected chi connectivity index (χ3v) is 6.58. The average Bonchev–Trinajstić information content (AvgIpc) is 2.84. The molecule has 0 aromatic heterocycles. The van der Waals surface area contributed by atoms with E-state index >= 15 is 0 Å².